The zero-order valence-electron chi connectivity index (χ0n) is 11.3. The van der Waals surface area contributed by atoms with E-state index in [1.807, 2.05) is 18.2 Å². The molecule has 0 radical (unpaired) electrons. The molecule has 2 heterocycles. The number of sulfone groups is 1. The monoisotopic (exact) mass is 305 g/mol. The molecule has 1 aromatic heterocycles. The summed E-state index contributed by atoms with van der Waals surface area (Å²) in [7, 11) is -2.92. The van der Waals surface area contributed by atoms with E-state index in [1.54, 1.807) is 6.07 Å². The van der Waals surface area contributed by atoms with E-state index in [9.17, 15) is 13.2 Å². The van der Waals surface area contributed by atoms with E-state index in [4.69, 9.17) is 0 Å². The number of carbonyl (C=O) groups is 1. The van der Waals surface area contributed by atoms with Gasteiger partial charge in [0.05, 0.1) is 28.7 Å². The van der Waals surface area contributed by atoms with E-state index < -0.39 is 9.84 Å². The van der Waals surface area contributed by atoms with Gasteiger partial charge in [0.25, 0.3) is 5.91 Å². The predicted molar refractivity (Wildman–Crippen MR) is 78.6 cm³/mol. The summed E-state index contributed by atoms with van der Waals surface area (Å²) < 4.78 is 22.7. The fourth-order valence-corrected chi connectivity index (χ4v) is 4.29. The topological polar surface area (TPSA) is 89.0 Å². The lowest BCUT2D eigenvalue weighted by molar-refractivity contribution is 0.0943. The van der Waals surface area contributed by atoms with E-state index in [0.717, 1.165) is 5.52 Å². The van der Waals surface area contributed by atoms with Gasteiger partial charge in [0.15, 0.2) is 9.84 Å². The van der Waals surface area contributed by atoms with Crippen molar-refractivity contribution in [2.75, 3.05) is 18.1 Å². The van der Waals surface area contributed by atoms with Crippen LogP contribution in [-0.4, -0.2) is 42.3 Å². The summed E-state index contributed by atoms with van der Waals surface area (Å²) in [5.41, 5.74) is 1.64. The Labute approximate surface area is 122 Å². The quantitative estimate of drug-likeness (QED) is 0.906. The van der Waals surface area contributed by atoms with Gasteiger partial charge < -0.3 is 5.32 Å². The fraction of sp³-hybridized carbons (Fsp3) is 0.357. The van der Waals surface area contributed by atoms with Crippen LogP contribution in [-0.2, 0) is 9.84 Å². The number of rotatable bonds is 3. The SMILES string of the molecule is O=C(NC[C@@H]1CCS(=O)(=O)C1)c1cnc2ccccc2n1. The Bertz CT molecular complexity index is 789. The number of nitrogens with zero attached hydrogens (tertiary/aromatic N) is 2. The Hall–Kier alpha value is -2.02. The van der Waals surface area contributed by atoms with Crippen molar-refractivity contribution in [2.45, 2.75) is 6.42 Å². The molecule has 1 aliphatic heterocycles. The molecule has 110 valence electrons. The van der Waals surface area contributed by atoms with E-state index in [0.29, 0.717) is 18.5 Å². The first-order valence-corrected chi connectivity index (χ1v) is 8.56. The predicted octanol–water partition coefficient (Wildman–Crippen LogP) is 0.794. The lowest BCUT2D eigenvalue weighted by Crippen LogP contribution is -2.30. The van der Waals surface area contributed by atoms with Crippen LogP contribution in [0.25, 0.3) is 11.0 Å². The van der Waals surface area contributed by atoms with Crippen molar-refractivity contribution in [1.29, 1.82) is 0 Å². The van der Waals surface area contributed by atoms with E-state index >= 15 is 0 Å². The lowest BCUT2D eigenvalue weighted by atomic mass is 10.1. The van der Waals surface area contributed by atoms with Crippen LogP contribution in [0.4, 0.5) is 0 Å². The molecular weight excluding hydrogens is 290 g/mol. The number of carbonyl (C=O) groups excluding carboxylic acids is 1. The van der Waals surface area contributed by atoms with E-state index in [-0.39, 0.29) is 29.0 Å². The Morgan fingerprint density at radius 2 is 2.05 bits per heavy atom. The maximum absolute atomic E-state index is 12.0. The summed E-state index contributed by atoms with van der Waals surface area (Å²) in [6.45, 7) is 0.354. The van der Waals surface area contributed by atoms with Crippen molar-refractivity contribution >= 4 is 26.8 Å². The summed E-state index contributed by atoms with van der Waals surface area (Å²) in [6, 6.07) is 7.31. The average Bonchev–Trinajstić information content (AvgIpc) is 2.83. The van der Waals surface area contributed by atoms with E-state index in [1.165, 1.54) is 6.20 Å². The standard InChI is InChI=1S/C14H15N3O3S/c18-14(16-7-10-5-6-21(19,20)9-10)13-8-15-11-3-1-2-4-12(11)17-13/h1-4,8,10H,5-7,9H2,(H,16,18)/t10-/m0/s1. The number of hydrogen-bond donors (Lipinski definition) is 1. The highest BCUT2D eigenvalue weighted by atomic mass is 32.2. The minimum atomic E-state index is -2.92. The summed E-state index contributed by atoms with van der Waals surface area (Å²) in [6.07, 6.45) is 2.04. The van der Waals surface area contributed by atoms with Crippen LogP contribution in [0.15, 0.2) is 30.5 Å². The molecule has 1 atom stereocenters. The number of hydrogen-bond acceptors (Lipinski definition) is 5. The van der Waals surface area contributed by atoms with Crippen molar-refractivity contribution in [1.82, 2.24) is 15.3 Å². The molecule has 7 heteroatoms. The molecule has 0 unspecified atom stereocenters. The number of fused-ring (bicyclic) bond motifs is 1. The van der Waals surface area contributed by atoms with Crippen LogP contribution < -0.4 is 5.32 Å². The van der Waals surface area contributed by atoms with E-state index in [2.05, 4.69) is 15.3 Å². The molecule has 2 aromatic rings. The second-order valence-electron chi connectivity index (χ2n) is 5.22. The number of amides is 1. The highest BCUT2D eigenvalue weighted by Crippen LogP contribution is 2.17. The minimum Gasteiger partial charge on any atom is -0.350 e. The molecule has 1 fully saturated rings. The second-order valence-corrected chi connectivity index (χ2v) is 7.45. The van der Waals surface area contributed by atoms with Gasteiger partial charge in [0.2, 0.25) is 0 Å². The maximum Gasteiger partial charge on any atom is 0.271 e. The fourth-order valence-electron chi connectivity index (χ4n) is 2.43. The molecule has 3 rings (SSSR count). The largest absolute Gasteiger partial charge is 0.350 e. The molecule has 0 bridgehead atoms. The zero-order chi connectivity index (χ0) is 14.9. The molecular formula is C14H15N3O3S. The summed E-state index contributed by atoms with van der Waals surface area (Å²) in [4.78, 5) is 20.5. The Kier molecular flexibility index (Phi) is 3.59. The maximum atomic E-state index is 12.0. The molecule has 1 aliphatic rings. The Morgan fingerprint density at radius 1 is 1.29 bits per heavy atom. The molecule has 21 heavy (non-hydrogen) atoms. The van der Waals surface area contributed by atoms with Gasteiger partial charge in [-0.25, -0.2) is 13.4 Å². The van der Waals surface area contributed by atoms with Gasteiger partial charge >= 0.3 is 0 Å². The van der Waals surface area contributed by atoms with Gasteiger partial charge in [-0.15, -0.1) is 0 Å². The first-order valence-electron chi connectivity index (χ1n) is 6.74. The lowest BCUT2D eigenvalue weighted by Gasteiger charge is -2.09. The summed E-state index contributed by atoms with van der Waals surface area (Å²) in [5, 5.41) is 2.74. The molecule has 1 amide bonds. The van der Waals surface area contributed by atoms with Crippen LogP contribution in [0.3, 0.4) is 0 Å². The van der Waals surface area contributed by atoms with Crippen LogP contribution in [0.1, 0.15) is 16.9 Å². The highest BCUT2D eigenvalue weighted by Gasteiger charge is 2.28. The molecule has 0 saturated carbocycles. The summed E-state index contributed by atoms with van der Waals surface area (Å²) in [5.74, 6) is 0.0323. The smallest absolute Gasteiger partial charge is 0.271 e. The number of aromatic nitrogens is 2. The molecule has 0 spiro atoms. The van der Waals surface area contributed by atoms with Crippen molar-refractivity contribution in [3.8, 4) is 0 Å². The van der Waals surface area contributed by atoms with Crippen LogP contribution in [0.2, 0.25) is 0 Å². The van der Waals surface area contributed by atoms with Gasteiger partial charge in [-0.05, 0) is 24.5 Å². The Balaban J connectivity index is 1.67. The Morgan fingerprint density at radius 3 is 2.76 bits per heavy atom. The van der Waals surface area contributed by atoms with Crippen molar-refractivity contribution < 1.29 is 13.2 Å². The van der Waals surface area contributed by atoms with Crippen LogP contribution >= 0.6 is 0 Å². The third-order valence-electron chi connectivity index (χ3n) is 3.56. The number of para-hydroxylation sites is 2. The van der Waals surface area contributed by atoms with Gasteiger partial charge in [0, 0.05) is 6.54 Å². The molecule has 6 nitrogen and oxygen atoms in total. The van der Waals surface area contributed by atoms with Gasteiger partial charge in [-0.3, -0.25) is 9.78 Å². The normalized spacial score (nSPS) is 20.5. The number of nitrogens with one attached hydrogen (secondary N) is 1. The van der Waals surface area contributed by atoms with Crippen LogP contribution in [0.5, 0.6) is 0 Å². The van der Waals surface area contributed by atoms with Crippen molar-refractivity contribution in [3.05, 3.63) is 36.2 Å². The first-order chi connectivity index (χ1) is 10.0. The number of benzene rings is 1. The molecule has 1 aromatic carbocycles. The zero-order valence-corrected chi connectivity index (χ0v) is 12.1. The summed E-state index contributed by atoms with van der Waals surface area (Å²) >= 11 is 0. The van der Waals surface area contributed by atoms with Gasteiger partial charge in [-0.2, -0.15) is 0 Å². The average molecular weight is 305 g/mol. The van der Waals surface area contributed by atoms with Gasteiger partial charge in [0.1, 0.15) is 5.69 Å². The first kappa shape index (κ1) is 13.9. The highest BCUT2D eigenvalue weighted by molar-refractivity contribution is 7.91. The molecule has 1 saturated heterocycles. The molecule has 0 aliphatic carbocycles. The second kappa shape index (κ2) is 5.40. The van der Waals surface area contributed by atoms with Crippen molar-refractivity contribution in [3.63, 3.8) is 0 Å². The minimum absolute atomic E-state index is 0.00707. The van der Waals surface area contributed by atoms with Crippen LogP contribution in [0, 0.1) is 5.92 Å². The van der Waals surface area contributed by atoms with Crippen molar-refractivity contribution in [2.24, 2.45) is 5.92 Å². The van der Waals surface area contributed by atoms with Gasteiger partial charge in [-0.1, -0.05) is 12.1 Å². The molecule has 1 N–H and O–H groups in total. The third-order valence-corrected chi connectivity index (χ3v) is 5.40. The third kappa shape index (κ3) is 3.18.